The Morgan fingerprint density at radius 1 is 1.25 bits per heavy atom. The second-order valence-corrected chi connectivity index (χ2v) is 5.42. The van der Waals surface area contributed by atoms with E-state index in [0.717, 1.165) is 45.6 Å². The lowest BCUT2D eigenvalue weighted by molar-refractivity contribution is 0.123. The number of nitrogens with two attached hydrogens (primary N) is 1. The first-order valence-electron chi connectivity index (χ1n) is 6.55. The number of hydrogen-bond donors (Lipinski definition) is 2. The third-order valence-electron chi connectivity index (χ3n) is 3.86. The summed E-state index contributed by atoms with van der Waals surface area (Å²) >= 11 is 0. The minimum atomic E-state index is -0.200. The van der Waals surface area contributed by atoms with Crippen molar-refractivity contribution in [3.63, 3.8) is 0 Å². The zero-order chi connectivity index (χ0) is 11.5. The molecule has 0 spiro atoms. The van der Waals surface area contributed by atoms with Gasteiger partial charge in [0.25, 0.3) is 0 Å². The van der Waals surface area contributed by atoms with Gasteiger partial charge < -0.3 is 10.8 Å². The minimum absolute atomic E-state index is 0.200. The lowest BCUT2D eigenvalue weighted by Gasteiger charge is -2.34. The van der Waals surface area contributed by atoms with Gasteiger partial charge in [0.05, 0.1) is 6.10 Å². The molecule has 2 heterocycles. The van der Waals surface area contributed by atoms with E-state index >= 15 is 0 Å². The van der Waals surface area contributed by atoms with Gasteiger partial charge in [-0.15, -0.1) is 0 Å². The Balaban J connectivity index is 1.75. The Bertz CT molecular complexity index is 214. The smallest absolute Gasteiger partial charge is 0.0639 e. The van der Waals surface area contributed by atoms with Gasteiger partial charge in [-0.3, -0.25) is 9.80 Å². The van der Waals surface area contributed by atoms with E-state index in [2.05, 4.69) is 9.80 Å². The van der Waals surface area contributed by atoms with E-state index in [1.165, 1.54) is 6.42 Å². The van der Waals surface area contributed by atoms with Crippen molar-refractivity contribution < 1.29 is 5.11 Å². The summed E-state index contributed by atoms with van der Waals surface area (Å²) in [5, 5.41) is 9.37. The van der Waals surface area contributed by atoms with E-state index in [-0.39, 0.29) is 6.10 Å². The van der Waals surface area contributed by atoms with Crippen molar-refractivity contribution in [2.45, 2.75) is 44.4 Å². The van der Waals surface area contributed by atoms with Gasteiger partial charge in [-0.05, 0) is 45.8 Å². The van der Waals surface area contributed by atoms with E-state index in [0.29, 0.717) is 12.1 Å². The summed E-state index contributed by atoms with van der Waals surface area (Å²) in [5.41, 5.74) is 5.92. The Labute approximate surface area is 98.4 Å². The van der Waals surface area contributed by atoms with Gasteiger partial charge in [0.1, 0.15) is 0 Å². The van der Waals surface area contributed by atoms with Crippen LogP contribution in [0.2, 0.25) is 0 Å². The fraction of sp³-hybridized carbons (Fsp3) is 1.00. The van der Waals surface area contributed by atoms with Crippen LogP contribution >= 0.6 is 0 Å². The molecule has 4 nitrogen and oxygen atoms in total. The monoisotopic (exact) mass is 227 g/mol. The Morgan fingerprint density at radius 3 is 2.56 bits per heavy atom. The SMILES string of the molecule is C[C@H](O)CN1CCC(N2CCC(N)CC2)C1. The van der Waals surface area contributed by atoms with Crippen molar-refractivity contribution in [2.24, 2.45) is 5.73 Å². The second kappa shape index (κ2) is 5.45. The van der Waals surface area contributed by atoms with Crippen LogP contribution in [0.3, 0.4) is 0 Å². The molecule has 0 aromatic rings. The Kier molecular flexibility index (Phi) is 4.19. The summed E-state index contributed by atoms with van der Waals surface area (Å²) in [5.74, 6) is 0. The maximum Gasteiger partial charge on any atom is 0.0639 e. The average Bonchev–Trinajstić information content (AvgIpc) is 2.66. The molecule has 0 amide bonds. The molecule has 2 fully saturated rings. The number of nitrogens with zero attached hydrogens (tertiary/aromatic N) is 2. The molecule has 3 N–H and O–H groups in total. The van der Waals surface area contributed by atoms with Crippen molar-refractivity contribution in [2.75, 3.05) is 32.7 Å². The first-order valence-corrected chi connectivity index (χ1v) is 6.55. The molecule has 2 saturated heterocycles. The van der Waals surface area contributed by atoms with Crippen LogP contribution in [0, 0.1) is 0 Å². The molecule has 2 atom stereocenters. The molecule has 0 aromatic carbocycles. The maximum absolute atomic E-state index is 9.37. The van der Waals surface area contributed by atoms with E-state index in [1.54, 1.807) is 0 Å². The minimum Gasteiger partial charge on any atom is -0.392 e. The third kappa shape index (κ3) is 3.17. The molecule has 2 aliphatic rings. The highest BCUT2D eigenvalue weighted by atomic mass is 16.3. The van der Waals surface area contributed by atoms with Crippen molar-refractivity contribution in [1.29, 1.82) is 0 Å². The second-order valence-electron chi connectivity index (χ2n) is 5.42. The molecule has 1 unspecified atom stereocenters. The Morgan fingerprint density at radius 2 is 1.94 bits per heavy atom. The van der Waals surface area contributed by atoms with Gasteiger partial charge >= 0.3 is 0 Å². The molecule has 2 rings (SSSR count). The van der Waals surface area contributed by atoms with Crippen LogP contribution in [-0.4, -0.2) is 65.8 Å². The molecule has 0 saturated carbocycles. The van der Waals surface area contributed by atoms with Crippen molar-refractivity contribution in [1.82, 2.24) is 9.80 Å². The molecule has 0 radical (unpaired) electrons. The van der Waals surface area contributed by atoms with Gasteiger partial charge in [-0.2, -0.15) is 0 Å². The lowest BCUT2D eigenvalue weighted by atomic mass is 10.0. The lowest BCUT2D eigenvalue weighted by Crippen LogP contribution is -2.46. The Hall–Kier alpha value is -0.160. The molecule has 94 valence electrons. The van der Waals surface area contributed by atoms with Crippen molar-refractivity contribution >= 4 is 0 Å². The maximum atomic E-state index is 9.37. The van der Waals surface area contributed by atoms with Crippen LogP contribution in [0.15, 0.2) is 0 Å². The van der Waals surface area contributed by atoms with Gasteiger partial charge in [0, 0.05) is 25.2 Å². The average molecular weight is 227 g/mol. The standard InChI is InChI=1S/C12H25N3O/c1-10(16)8-14-5-4-12(9-14)15-6-2-11(13)3-7-15/h10-12,16H,2-9,13H2,1H3/t10-,12?/m0/s1. The normalized spacial score (nSPS) is 32.1. The topological polar surface area (TPSA) is 52.7 Å². The van der Waals surface area contributed by atoms with Crippen molar-refractivity contribution in [3.8, 4) is 0 Å². The summed E-state index contributed by atoms with van der Waals surface area (Å²) in [6.45, 7) is 7.28. The zero-order valence-electron chi connectivity index (χ0n) is 10.3. The first-order chi connectivity index (χ1) is 7.65. The van der Waals surface area contributed by atoms with Gasteiger partial charge in [0.2, 0.25) is 0 Å². The number of hydrogen-bond acceptors (Lipinski definition) is 4. The predicted octanol–water partition coefficient (Wildman–Crippen LogP) is -0.135. The number of β-amino-alcohol motifs (C(OH)–C–C–N with tert-alkyl or cyclic N) is 1. The van der Waals surface area contributed by atoms with Crippen LogP contribution in [0.25, 0.3) is 0 Å². The van der Waals surface area contributed by atoms with E-state index in [4.69, 9.17) is 5.73 Å². The summed E-state index contributed by atoms with van der Waals surface area (Å²) in [6.07, 6.45) is 3.34. The summed E-state index contributed by atoms with van der Waals surface area (Å²) in [7, 11) is 0. The summed E-state index contributed by atoms with van der Waals surface area (Å²) < 4.78 is 0. The van der Waals surface area contributed by atoms with E-state index in [1.807, 2.05) is 6.92 Å². The molecular weight excluding hydrogens is 202 g/mol. The number of rotatable bonds is 3. The highest BCUT2D eigenvalue weighted by Gasteiger charge is 2.29. The van der Waals surface area contributed by atoms with Crippen molar-refractivity contribution in [3.05, 3.63) is 0 Å². The fourth-order valence-electron chi connectivity index (χ4n) is 2.93. The quantitative estimate of drug-likeness (QED) is 0.705. The summed E-state index contributed by atoms with van der Waals surface area (Å²) in [6, 6.07) is 1.12. The van der Waals surface area contributed by atoms with Crippen LogP contribution < -0.4 is 5.73 Å². The summed E-state index contributed by atoms with van der Waals surface area (Å²) in [4.78, 5) is 4.97. The number of aliphatic hydroxyl groups is 1. The predicted molar refractivity (Wildman–Crippen MR) is 65.3 cm³/mol. The molecule has 0 aromatic heterocycles. The van der Waals surface area contributed by atoms with Crippen LogP contribution in [0.4, 0.5) is 0 Å². The number of aliphatic hydroxyl groups excluding tert-OH is 1. The third-order valence-corrected chi connectivity index (χ3v) is 3.86. The zero-order valence-corrected chi connectivity index (χ0v) is 10.3. The van der Waals surface area contributed by atoms with E-state index < -0.39 is 0 Å². The molecule has 0 bridgehead atoms. The molecule has 0 aliphatic carbocycles. The number of likely N-dealkylation sites (tertiary alicyclic amines) is 2. The van der Waals surface area contributed by atoms with Gasteiger partial charge in [-0.1, -0.05) is 0 Å². The highest BCUT2D eigenvalue weighted by molar-refractivity contribution is 4.87. The highest BCUT2D eigenvalue weighted by Crippen LogP contribution is 2.19. The largest absolute Gasteiger partial charge is 0.392 e. The van der Waals surface area contributed by atoms with Crippen LogP contribution in [0.1, 0.15) is 26.2 Å². The first kappa shape index (κ1) is 12.3. The fourth-order valence-corrected chi connectivity index (χ4v) is 2.93. The molecule has 2 aliphatic heterocycles. The van der Waals surface area contributed by atoms with E-state index in [9.17, 15) is 5.11 Å². The van der Waals surface area contributed by atoms with Crippen LogP contribution in [-0.2, 0) is 0 Å². The molecule has 4 heteroatoms. The van der Waals surface area contributed by atoms with Crippen LogP contribution in [0.5, 0.6) is 0 Å². The van der Waals surface area contributed by atoms with Gasteiger partial charge in [0.15, 0.2) is 0 Å². The van der Waals surface area contributed by atoms with Gasteiger partial charge in [-0.25, -0.2) is 0 Å². The molecular formula is C12H25N3O. The molecule has 16 heavy (non-hydrogen) atoms. The number of piperidine rings is 1.